The Labute approximate surface area is 119 Å². The number of hydrogen-bond donors (Lipinski definition) is 0. The van der Waals surface area contributed by atoms with Crippen LogP contribution in [0.1, 0.15) is 37.3 Å². The predicted octanol–water partition coefficient (Wildman–Crippen LogP) is 4.98. The molecule has 1 heterocycles. The minimum atomic E-state index is -4.29. The molecule has 0 spiro atoms. The molecule has 1 saturated heterocycles. The second-order valence-corrected chi connectivity index (χ2v) is 5.43. The number of benzene rings is 1. The van der Waals surface area contributed by atoms with Crippen molar-refractivity contribution >= 4 is 21.6 Å². The molecule has 1 aliphatic heterocycles. The molecule has 1 unspecified atom stereocenters. The maximum absolute atomic E-state index is 13.0. The summed E-state index contributed by atoms with van der Waals surface area (Å²) in [6.07, 6.45) is -1.19. The van der Waals surface area contributed by atoms with Crippen LogP contribution >= 0.6 is 15.9 Å². The fourth-order valence-electron chi connectivity index (χ4n) is 2.72. The van der Waals surface area contributed by atoms with E-state index in [1.165, 1.54) is 6.07 Å². The van der Waals surface area contributed by atoms with Crippen LogP contribution in [0.5, 0.6) is 0 Å². The summed E-state index contributed by atoms with van der Waals surface area (Å²) in [5.41, 5.74) is 0.466. The summed E-state index contributed by atoms with van der Waals surface area (Å²) in [4.78, 5) is 2.10. The van der Waals surface area contributed by atoms with E-state index < -0.39 is 11.7 Å². The summed E-state index contributed by atoms with van der Waals surface area (Å²) < 4.78 is 39.1. The molecule has 5 heteroatoms. The highest BCUT2D eigenvalue weighted by Gasteiger charge is 2.34. The van der Waals surface area contributed by atoms with E-state index in [-0.39, 0.29) is 5.33 Å². The Morgan fingerprint density at radius 3 is 2.68 bits per heavy atom. The Hall–Kier alpha value is -0.710. The SMILES string of the molecule is CCC1CCCN1c1ccc(CBr)c(C(F)(F)F)c1. The number of nitrogens with zero attached hydrogens (tertiary/aromatic N) is 1. The third-order valence-corrected chi connectivity index (χ3v) is 4.33. The van der Waals surface area contributed by atoms with E-state index in [0.717, 1.165) is 25.8 Å². The van der Waals surface area contributed by atoms with Crippen molar-refractivity contribution in [2.24, 2.45) is 0 Å². The number of alkyl halides is 4. The van der Waals surface area contributed by atoms with Crippen molar-refractivity contribution in [3.8, 4) is 0 Å². The van der Waals surface area contributed by atoms with Crippen LogP contribution in [-0.4, -0.2) is 12.6 Å². The fraction of sp³-hybridized carbons (Fsp3) is 0.571. The van der Waals surface area contributed by atoms with Gasteiger partial charge in [-0.2, -0.15) is 13.2 Å². The van der Waals surface area contributed by atoms with E-state index in [1.807, 2.05) is 0 Å². The van der Waals surface area contributed by atoms with Crippen LogP contribution in [0.4, 0.5) is 18.9 Å². The molecule has 1 aromatic carbocycles. The first kappa shape index (κ1) is 14.7. The molecule has 1 aliphatic rings. The highest BCUT2D eigenvalue weighted by Crippen LogP contribution is 2.37. The van der Waals surface area contributed by atoms with Gasteiger partial charge in [-0.3, -0.25) is 0 Å². The largest absolute Gasteiger partial charge is 0.416 e. The molecule has 0 aliphatic carbocycles. The minimum Gasteiger partial charge on any atom is -0.369 e. The van der Waals surface area contributed by atoms with E-state index in [1.54, 1.807) is 12.1 Å². The molecule has 106 valence electrons. The normalized spacial score (nSPS) is 20.1. The molecule has 0 aromatic heterocycles. The van der Waals surface area contributed by atoms with Gasteiger partial charge in [-0.15, -0.1) is 0 Å². The van der Waals surface area contributed by atoms with Crippen molar-refractivity contribution < 1.29 is 13.2 Å². The lowest BCUT2D eigenvalue weighted by molar-refractivity contribution is -0.138. The van der Waals surface area contributed by atoms with Gasteiger partial charge in [0.15, 0.2) is 0 Å². The van der Waals surface area contributed by atoms with Gasteiger partial charge < -0.3 is 4.90 Å². The zero-order valence-corrected chi connectivity index (χ0v) is 12.4. The Morgan fingerprint density at radius 2 is 2.11 bits per heavy atom. The maximum Gasteiger partial charge on any atom is 0.416 e. The lowest BCUT2D eigenvalue weighted by Gasteiger charge is -2.27. The van der Waals surface area contributed by atoms with Crippen LogP contribution in [0.15, 0.2) is 18.2 Å². The first-order valence-electron chi connectivity index (χ1n) is 6.50. The van der Waals surface area contributed by atoms with Crippen LogP contribution in [0.3, 0.4) is 0 Å². The first-order chi connectivity index (χ1) is 8.97. The van der Waals surface area contributed by atoms with E-state index in [0.29, 0.717) is 17.3 Å². The fourth-order valence-corrected chi connectivity index (χ4v) is 3.21. The van der Waals surface area contributed by atoms with Crippen LogP contribution in [0.25, 0.3) is 0 Å². The van der Waals surface area contributed by atoms with E-state index in [2.05, 4.69) is 27.8 Å². The Balaban J connectivity index is 2.38. The molecule has 1 atom stereocenters. The lowest BCUT2D eigenvalue weighted by Crippen LogP contribution is -2.28. The summed E-state index contributed by atoms with van der Waals surface area (Å²) in [7, 11) is 0. The predicted molar refractivity (Wildman–Crippen MR) is 74.7 cm³/mol. The third kappa shape index (κ3) is 3.07. The van der Waals surface area contributed by atoms with Gasteiger partial charge in [-0.1, -0.05) is 28.9 Å². The van der Waals surface area contributed by atoms with Crippen molar-refractivity contribution in [1.29, 1.82) is 0 Å². The van der Waals surface area contributed by atoms with Crippen molar-refractivity contribution in [3.63, 3.8) is 0 Å². The second kappa shape index (κ2) is 5.73. The minimum absolute atomic E-state index is 0.222. The lowest BCUT2D eigenvalue weighted by atomic mass is 10.1. The van der Waals surface area contributed by atoms with Crippen molar-refractivity contribution in [1.82, 2.24) is 0 Å². The van der Waals surface area contributed by atoms with Gasteiger partial charge in [0.05, 0.1) is 5.56 Å². The Morgan fingerprint density at radius 1 is 1.37 bits per heavy atom. The van der Waals surface area contributed by atoms with Crippen LogP contribution in [0, 0.1) is 0 Å². The van der Waals surface area contributed by atoms with Gasteiger partial charge in [-0.25, -0.2) is 0 Å². The van der Waals surface area contributed by atoms with Crippen molar-refractivity contribution in [3.05, 3.63) is 29.3 Å². The molecule has 0 amide bonds. The van der Waals surface area contributed by atoms with Gasteiger partial charge >= 0.3 is 6.18 Å². The Bertz CT molecular complexity index is 445. The Kier molecular flexibility index (Phi) is 4.43. The molecule has 1 fully saturated rings. The van der Waals surface area contributed by atoms with E-state index in [9.17, 15) is 13.2 Å². The highest BCUT2D eigenvalue weighted by molar-refractivity contribution is 9.08. The maximum atomic E-state index is 13.0. The van der Waals surface area contributed by atoms with Crippen molar-refractivity contribution in [2.75, 3.05) is 11.4 Å². The second-order valence-electron chi connectivity index (χ2n) is 4.87. The molecule has 0 N–H and O–H groups in total. The summed E-state index contributed by atoms with van der Waals surface area (Å²) in [5.74, 6) is 0. The topological polar surface area (TPSA) is 3.24 Å². The summed E-state index contributed by atoms with van der Waals surface area (Å²) in [6, 6.07) is 5.05. The zero-order valence-electron chi connectivity index (χ0n) is 10.8. The molecule has 19 heavy (non-hydrogen) atoms. The molecule has 0 saturated carbocycles. The van der Waals surface area contributed by atoms with Gasteiger partial charge in [0.1, 0.15) is 0 Å². The van der Waals surface area contributed by atoms with Gasteiger partial charge in [0.25, 0.3) is 0 Å². The average molecular weight is 336 g/mol. The van der Waals surface area contributed by atoms with Crippen molar-refractivity contribution in [2.45, 2.75) is 43.7 Å². The summed E-state index contributed by atoms with van der Waals surface area (Å²) >= 11 is 3.12. The molecular formula is C14H17BrF3N. The number of rotatable bonds is 3. The van der Waals surface area contributed by atoms with E-state index in [4.69, 9.17) is 0 Å². The monoisotopic (exact) mass is 335 g/mol. The van der Waals surface area contributed by atoms with Crippen LogP contribution in [-0.2, 0) is 11.5 Å². The standard InChI is InChI=1S/C14H17BrF3N/c1-2-11-4-3-7-19(11)12-6-5-10(9-15)13(8-12)14(16,17)18/h5-6,8,11H,2-4,7,9H2,1H3. The highest BCUT2D eigenvalue weighted by atomic mass is 79.9. The number of anilines is 1. The quantitative estimate of drug-likeness (QED) is 0.704. The summed E-state index contributed by atoms with van der Waals surface area (Å²) in [6.45, 7) is 2.93. The molecule has 2 rings (SSSR count). The van der Waals surface area contributed by atoms with Gasteiger partial charge in [0, 0.05) is 23.6 Å². The zero-order chi connectivity index (χ0) is 14.0. The van der Waals surface area contributed by atoms with Crippen LogP contribution in [0.2, 0.25) is 0 Å². The van der Waals surface area contributed by atoms with Gasteiger partial charge in [0.2, 0.25) is 0 Å². The molecule has 0 radical (unpaired) electrons. The first-order valence-corrected chi connectivity index (χ1v) is 7.62. The number of halogens is 4. The third-order valence-electron chi connectivity index (χ3n) is 3.72. The van der Waals surface area contributed by atoms with Gasteiger partial charge in [-0.05, 0) is 37.0 Å². The molecule has 0 bridgehead atoms. The molecule has 1 aromatic rings. The molecular weight excluding hydrogens is 319 g/mol. The van der Waals surface area contributed by atoms with E-state index >= 15 is 0 Å². The summed E-state index contributed by atoms with van der Waals surface area (Å²) in [5, 5.41) is 0.222. The molecule has 1 nitrogen and oxygen atoms in total. The smallest absolute Gasteiger partial charge is 0.369 e. The average Bonchev–Trinajstić information content (AvgIpc) is 2.85. The number of hydrogen-bond acceptors (Lipinski definition) is 1. The van der Waals surface area contributed by atoms with Crippen LogP contribution < -0.4 is 4.90 Å².